The zero-order chi connectivity index (χ0) is 17.2. The Morgan fingerprint density at radius 3 is 1.67 bits per heavy atom. The first-order valence-corrected chi connectivity index (χ1v) is 9.16. The maximum Gasteiger partial charge on any atom is 0.469 e. The van der Waals surface area contributed by atoms with Crippen molar-refractivity contribution < 1.29 is 32.1 Å². The van der Waals surface area contributed by atoms with Crippen molar-refractivity contribution in [2.24, 2.45) is 11.8 Å². The summed E-state index contributed by atoms with van der Waals surface area (Å²) in [4.78, 5) is 27.0. The van der Waals surface area contributed by atoms with Gasteiger partial charge in [0.25, 0.3) is 10.0 Å². The second-order valence-electron chi connectivity index (χ2n) is 5.20. The van der Waals surface area contributed by atoms with Gasteiger partial charge in [-0.25, -0.2) is 22.5 Å². The number of hydrogen-bond donors (Lipinski definition) is 3. The molecule has 1 rings (SSSR count). The summed E-state index contributed by atoms with van der Waals surface area (Å²) in [7, 11) is -5.29. The van der Waals surface area contributed by atoms with E-state index in [0.717, 1.165) is 7.11 Å². The van der Waals surface area contributed by atoms with Gasteiger partial charge in [-0.3, -0.25) is 4.52 Å². The Kier molecular flexibility index (Phi) is 6.41. The number of carbonyl (C=O) groups is 1. The van der Waals surface area contributed by atoms with Crippen LogP contribution in [-0.4, -0.2) is 48.2 Å². The summed E-state index contributed by atoms with van der Waals surface area (Å²) in [5, 5.41) is 0. The Balaban J connectivity index is 0.000000567. The number of amides is 2. The smallest absolute Gasteiger partial charge is 0.305 e. The van der Waals surface area contributed by atoms with Crippen molar-refractivity contribution in [2.45, 2.75) is 32.6 Å². The number of rotatable bonds is 3. The molecule has 0 aromatic heterocycles. The monoisotopic (exact) mass is 346 g/mol. The lowest BCUT2D eigenvalue weighted by atomic mass is 9.91. The van der Waals surface area contributed by atoms with Crippen LogP contribution < -0.4 is 4.72 Å². The molecule has 126 valence electrons. The molecule has 9 nitrogen and oxygen atoms in total. The number of phosphoric acid groups is 1. The number of hydrogen-bond acceptors (Lipinski definition) is 5. The molecule has 0 bridgehead atoms. The fourth-order valence-electron chi connectivity index (χ4n) is 2.67. The second-order valence-corrected chi connectivity index (χ2v) is 8.42. The fourth-order valence-corrected chi connectivity index (χ4v) is 4.88. The largest absolute Gasteiger partial charge is 0.469 e. The molecule has 1 fully saturated rings. The first-order chi connectivity index (χ1) is 9.24. The van der Waals surface area contributed by atoms with Crippen LogP contribution in [0, 0.1) is 11.8 Å². The SMILES string of the molecule is CC(C)C1(C(C)C)N(C)C(=O)NS1(=O)=O.COP(=O)(O)O. The lowest BCUT2D eigenvalue weighted by molar-refractivity contribution is 0.136. The molecule has 0 unspecified atom stereocenters. The van der Waals surface area contributed by atoms with Gasteiger partial charge in [-0.05, 0) is 11.8 Å². The third-order valence-electron chi connectivity index (χ3n) is 3.37. The maximum atomic E-state index is 12.0. The summed E-state index contributed by atoms with van der Waals surface area (Å²) in [6.45, 7) is 7.26. The van der Waals surface area contributed by atoms with Crippen molar-refractivity contribution >= 4 is 23.9 Å². The third-order valence-corrected chi connectivity index (χ3v) is 6.37. The van der Waals surface area contributed by atoms with E-state index in [1.807, 2.05) is 27.7 Å². The van der Waals surface area contributed by atoms with Gasteiger partial charge in [0, 0.05) is 14.2 Å². The number of carbonyl (C=O) groups excluding carboxylic acids is 1. The molecular weight excluding hydrogens is 323 g/mol. The zero-order valence-corrected chi connectivity index (χ0v) is 14.6. The van der Waals surface area contributed by atoms with Crippen molar-refractivity contribution in [3.05, 3.63) is 0 Å². The fraction of sp³-hybridized carbons (Fsp3) is 0.900. The van der Waals surface area contributed by atoms with E-state index in [9.17, 15) is 17.8 Å². The first-order valence-electron chi connectivity index (χ1n) is 6.15. The second kappa shape index (κ2) is 6.62. The number of nitrogens with zero attached hydrogens (tertiary/aromatic N) is 1. The summed E-state index contributed by atoms with van der Waals surface area (Å²) < 4.78 is 39.2. The maximum absolute atomic E-state index is 12.0. The molecule has 11 heteroatoms. The van der Waals surface area contributed by atoms with Gasteiger partial charge in [0.05, 0.1) is 0 Å². The Labute approximate surface area is 125 Å². The van der Waals surface area contributed by atoms with E-state index < -0.39 is 28.7 Å². The van der Waals surface area contributed by atoms with Gasteiger partial charge in [0.15, 0.2) is 4.87 Å². The standard InChI is InChI=1S/C9H18N2O3S.CH5O4P/c1-6(2)9(7(3)4)11(5)8(12)10-15(9,13)14;1-5-6(2,3)4/h6-7H,1-5H3,(H,10,12);1H3,(H2,2,3,4). The molecule has 3 N–H and O–H groups in total. The number of nitrogens with one attached hydrogen (secondary N) is 1. The predicted octanol–water partition coefficient (Wildman–Crippen LogP) is 0.705. The highest BCUT2D eigenvalue weighted by Crippen LogP contribution is 2.40. The summed E-state index contributed by atoms with van der Waals surface area (Å²) in [5.41, 5.74) is 0. The average Bonchev–Trinajstić information content (AvgIpc) is 2.45. The topological polar surface area (TPSA) is 133 Å². The highest BCUT2D eigenvalue weighted by Gasteiger charge is 2.59. The third kappa shape index (κ3) is 3.95. The van der Waals surface area contributed by atoms with Gasteiger partial charge in [-0.2, -0.15) is 0 Å². The van der Waals surface area contributed by atoms with Gasteiger partial charge in [0.1, 0.15) is 0 Å². The van der Waals surface area contributed by atoms with Crippen molar-refractivity contribution in [2.75, 3.05) is 14.2 Å². The summed E-state index contributed by atoms with van der Waals surface area (Å²) in [5.74, 6) is -0.321. The van der Waals surface area contributed by atoms with E-state index in [1.54, 1.807) is 0 Å². The van der Waals surface area contributed by atoms with Crippen LogP contribution in [0.15, 0.2) is 0 Å². The van der Waals surface area contributed by atoms with Crippen LogP contribution in [0.2, 0.25) is 0 Å². The van der Waals surface area contributed by atoms with E-state index in [1.165, 1.54) is 11.9 Å². The lowest BCUT2D eigenvalue weighted by Crippen LogP contribution is -2.55. The highest BCUT2D eigenvalue weighted by atomic mass is 32.2. The molecule has 0 spiro atoms. The molecule has 1 aliphatic heterocycles. The van der Waals surface area contributed by atoms with E-state index in [0.29, 0.717) is 0 Å². The van der Waals surface area contributed by atoms with Gasteiger partial charge in [-0.15, -0.1) is 0 Å². The molecule has 1 heterocycles. The molecule has 1 aliphatic rings. The molecule has 2 amide bonds. The molecule has 21 heavy (non-hydrogen) atoms. The zero-order valence-electron chi connectivity index (χ0n) is 12.9. The Morgan fingerprint density at radius 1 is 1.24 bits per heavy atom. The van der Waals surface area contributed by atoms with E-state index in [4.69, 9.17) is 9.79 Å². The van der Waals surface area contributed by atoms with Crippen LogP contribution in [-0.2, 0) is 19.1 Å². The van der Waals surface area contributed by atoms with Crippen LogP contribution >= 0.6 is 7.82 Å². The molecule has 0 aromatic carbocycles. The van der Waals surface area contributed by atoms with Gasteiger partial charge >= 0.3 is 13.9 Å². The predicted molar refractivity (Wildman–Crippen MR) is 76.7 cm³/mol. The van der Waals surface area contributed by atoms with Crippen molar-refractivity contribution in [1.82, 2.24) is 9.62 Å². The van der Waals surface area contributed by atoms with Crippen molar-refractivity contribution in [1.29, 1.82) is 0 Å². The van der Waals surface area contributed by atoms with E-state index in [2.05, 4.69) is 9.25 Å². The highest BCUT2D eigenvalue weighted by molar-refractivity contribution is 7.91. The number of urea groups is 1. The quantitative estimate of drug-likeness (QED) is 0.641. The van der Waals surface area contributed by atoms with Gasteiger partial charge < -0.3 is 14.7 Å². The number of sulfonamides is 1. The Bertz CT molecular complexity index is 518. The van der Waals surface area contributed by atoms with Crippen LogP contribution in [0.25, 0.3) is 0 Å². The minimum absolute atomic E-state index is 0.161. The van der Waals surface area contributed by atoms with Crippen molar-refractivity contribution in [3.8, 4) is 0 Å². The van der Waals surface area contributed by atoms with Gasteiger partial charge in [-0.1, -0.05) is 27.7 Å². The average molecular weight is 346 g/mol. The minimum Gasteiger partial charge on any atom is -0.305 e. The summed E-state index contributed by atoms with van der Waals surface area (Å²) >= 11 is 0. The Morgan fingerprint density at radius 2 is 1.57 bits per heavy atom. The summed E-state index contributed by atoms with van der Waals surface area (Å²) in [6.07, 6.45) is 0. The molecule has 0 atom stereocenters. The Hall–Kier alpha value is -0.670. The van der Waals surface area contributed by atoms with Crippen LogP contribution in [0.5, 0.6) is 0 Å². The normalized spacial score (nSPS) is 20.3. The van der Waals surface area contributed by atoms with Crippen molar-refractivity contribution in [3.63, 3.8) is 0 Å². The molecule has 0 saturated carbocycles. The van der Waals surface area contributed by atoms with E-state index >= 15 is 0 Å². The van der Waals surface area contributed by atoms with Gasteiger partial charge in [0.2, 0.25) is 0 Å². The van der Waals surface area contributed by atoms with E-state index in [-0.39, 0.29) is 11.8 Å². The minimum atomic E-state index is -4.15. The number of phosphoric ester groups is 1. The van der Waals surface area contributed by atoms with Crippen LogP contribution in [0.4, 0.5) is 4.79 Å². The lowest BCUT2D eigenvalue weighted by Gasteiger charge is -2.39. The van der Waals surface area contributed by atoms with Crippen LogP contribution in [0.3, 0.4) is 0 Å². The molecule has 1 saturated heterocycles. The molecular formula is C10H23N2O7PS. The molecule has 0 radical (unpaired) electrons. The molecule has 0 aromatic rings. The first kappa shape index (κ1) is 20.3. The molecule has 0 aliphatic carbocycles. The summed E-state index contributed by atoms with van der Waals surface area (Å²) in [6, 6.07) is -0.544. The van der Waals surface area contributed by atoms with Crippen LogP contribution in [0.1, 0.15) is 27.7 Å².